The van der Waals surface area contributed by atoms with E-state index in [1.807, 2.05) is 0 Å². The average molecular weight is 510 g/mol. The molecule has 0 aliphatic heterocycles. The van der Waals surface area contributed by atoms with Crippen LogP contribution in [0.25, 0.3) is 6.08 Å². The Morgan fingerprint density at radius 1 is 0.897 bits per heavy atom. The molecule has 0 spiro atoms. The molecule has 3 aromatic rings. The molecule has 0 amide bonds. The molecule has 0 unspecified atom stereocenters. The van der Waals surface area contributed by atoms with Gasteiger partial charge in [-0.25, -0.2) is 8.42 Å². The van der Waals surface area contributed by atoms with Gasteiger partial charge in [0.05, 0.1) is 5.75 Å². The lowest BCUT2D eigenvalue weighted by atomic mass is 10.1. The standard InChI is InChI=1S/C22H15BrCl2O3S/c23-18-9-5-15(6-10-18)13-21(22(26)16-7-11-19(24)12-8-16)29(27,28)14-17-3-1-2-4-20(17)25/h1-13H,14H2. The number of halogens is 3. The van der Waals surface area contributed by atoms with Gasteiger partial charge in [0, 0.05) is 20.1 Å². The number of benzene rings is 3. The number of carbonyl (C=O) groups is 1. The third-order valence-corrected chi connectivity index (χ3v) is 6.95. The number of rotatable bonds is 6. The van der Waals surface area contributed by atoms with E-state index in [9.17, 15) is 13.2 Å². The average Bonchev–Trinajstić information content (AvgIpc) is 2.69. The molecule has 3 aromatic carbocycles. The van der Waals surface area contributed by atoms with E-state index in [-0.39, 0.29) is 16.2 Å². The first kappa shape index (κ1) is 21.8. The van der Waals surface area contributed by atoms with Gasteiger partial charge in [-0.1, -0.05) is 69.5 Å². The zero-order chi connectivity index (χ0) is 21.0. The van der Waals surface area contributed by atoms with Gasteiger partial charge >= 0.3 is 0 Å². The molecule has 0 aliphatic carbocycles. The molecule has 0 heterocycles. The molecule has 0 N–H and O–H groups in total. The second-order valence-corrected chi connectivity index (χ2v) is 9.96. The van der Waals surface area contributed by atoms with Gasteiger partial charge in [-0.3, -0.25) is 4.79 Å². The van der Waals surface area contributed by atoms with Crippen LogP contribution in [0.1, 0.15) is 21.5 Å². The summed E-state index contributed by atoms with van der Waals surface area (Å²) in [5, 5.41) is 0.789. The summed E-state index contributed by atoms with van der Waals surface area (Å²) in [6.45, 7) is 0. The van der Waals surface area contributed by atoms with Gasteiger partial charge in [-0.2, -0.15) is 0 Å². The highest BCUT2D eigenvalue weighted by molar-refractivity contribution is 9.10. The van der Waals surface area contributed by atoms with E-state index in [0.29, 0.717) is 21.2 Å². The Hall–Kier alpha value is -1.92. The summed E-state index contributed by atoms with van der Waals surface area (Å²) in [4.78, 5) is 12.8. The van der Waals surface area contributed by atoms with Gasteiger partial charge in [0.1, 0.15) is 4.91 Å². The van der Waals surface area contributed by atoms with Crippen LogP contribution in [0.5, 0.6) is 0 Å². The van der Waals surface area contributed by atoms with E-state index >= 15 is 0 Å². The summed E-state index contributed by atoms with van der Waals surface area (Å²) in [6.07, 6.45) is 1.38. The van der Waals surface area contributed by atoms with Gasteiger partial charge in [0.2, 0.25) is 5.78 Å². The first-order valence-corrected chi connectivity index (χ1v) is 11.7. The van der Waals surface area contributed by atoms with Crippen molar-refractivity contribution in [3.8, 4) is 0 Å². The molecule has 3 rings (SSSR count). The third-order valence-electron chi connectivity index (χ3n) is 4.14. The monoisotopic (exact) mass is 508 g/mol. The highest BCUT2D eigenvalue weighted by atomic mass is 79.9. The molecule has 0 saturated carbocycles. The van der Waals surface area contributed by atoms with Crippen molar-refractivity contribution in [2.24, 2.45) is 0 Å². The largest absolute Gasteiger partial charge is 0.288 e. The molecule has 0 aliphatic rings. The van der Waals surface area contributed by atoms with Crippen LogP contribution >= 0.6 is 39.1 Å². The van der Waals surface area contributed by atoms with Crippen molar-refractivity contribution < 1.29 is 13.2 Å². The van der Waals surface area contributed by atoms with E-state index in [2.05, 4.69) is 15.9 Å². The Kier molecular flexibility index (Phi) is 6.96. The molecule has 0 aromatic heterocycles. The van der Waals surface area contributed by atoms with Crippen molar-refractivity contribution >= 4 is 60.8 Å². The molecule has 29 heavy (non-hydrogen) atoms. The number of ketones is 1. The maximum absolute atomic E-state index is 13.2. The minimum atomic E-state index is -3.98. The molecule has 7 heteroatoms. The summed E-state index contributed by atoms with van der Waals surface area (Å²) in [5.74, 6) is -0.981. The lowest BCUT2D eigenvalue weighted by Gasteiger charge is -2.11. The summed E-state index contributed by atoms with van der Waals surface area (Å²) in [6, 6.07) is 19.8. The number of hydrogen-bond acceptors (Lipinski definition) is 3. The van der Waals surface area contributed by atoms with Gasteiger partial charge in [0.15, 0.2) is 9.84 Å². The minimum Gasteiger partial charge on any atom is -0.288 e. The van der Waals surface area contributed by atoms with E-state index in [1.54, 1.807) is 60.7 Å². The van der Waals surface area contributed by atoms with E-state index in [4.69, 9.17) is 23.2 Å². The molecule has 148 valence electrons. The maximum atomic E-state index is 13.2. The van der Waals surface area contributed by atoms with Crippen molar-refractivity contribution in [2.45, 2.75) is 5.75 Å². The van der Waals surface area contributed by atoms with E-state index in [0.717, 1.165) is 4.47 Å². The lowest BCUT2D eigenvalue weighted by Crippen LogP contribution is -2.16. The summed E-state index contributed by atoms with van der Waals surface area (Å²) < 4.78 is 27.3. The summed E-state index contributed by atoms with van der Waals surface area (Å²) in [7, 11) is -3.98. The first-order valence-electron chi connectivity index (χ1n) is 8.50. The zero-order valence-electron chi connectivity index (χ0n) is 15.0. The van der Waals surface area contributed by atoms with Crippen molar-refractivity contribution in [3.05, 3.63) is 109 Å². The fourth-order valence-electron chi connectivity index (χ4n) is 2.65. The zero-order valence-corrected chi connectivity index (χ0v) is 18.9. The van der Waals surface area contributed by atoms with Crippen LogP contribution in [0, 0.1) is 0 Å². The lowest BCUT2D eigenvalue weighted by molar-refractivity contribution is 0.104. The SMILES string of the molecule is O=C(C(=Cc1ccc(Br)cc1)S(=O)(=O)Cc1ccccc1Cl)c1ccc(Cl)cc1. The van der Waals surface area contributed by atoms with Gasteiger partial charge in [0.25, 0.3) is 0 Å². The predicted molar refractivity (Wildman–Crippen MR) is 122 cm³/mol. The fourth-order valence-corrected chi connectivity index (χ4v) is 4.85. The number of carbonyl (C=O) groups excluding carboxylic acids is 1. The Balaban J connectivity index is 2.08. The summed E-state index contributed by atoms with van der Waals surface area (Å²) in [5.41, 5.74) is 1.26. The van der Waals surface area contributed by atoms with Gasteiger partial charge in [-0.15, -0.1) is 0 Å². The second-order valence-electron chi connectivity index (χ2n) is 6.25. The quantitative estimate of drug-likeness (QED) is 0.278. The van der Waals surface area contributed by atoms with Gasteiger partial charge < -0.3 is 0 Å². The number of Topliss-reactive ketones (excluding diaryl/α,β-unsaturated/α-hetero) is 1. The number of sulfone groups is 1. The van der Waals surface area contributed by atoms with Crippen molar-refractivity contribution in [3.63, 3.8) is 0 Å². The molecule has 0 atom stereocenters. The first-order chi connectivity index (χ1) is 13.8. The third kappa shape index (κ3) is 5.58. The van der Waals surface area contributed by atoms with Crippen LogP contribution < -0.4 is 0 Å². The molecular weight excluding hydrogens is 495 g/mol. The second kappa shape index (κ2) is 9.26. The molecule has 0 saturated heterocycles. The molecule has 0 fully saturated rings. The fraction of sp³-hybridized carbons (Fsp3) is 0.0455. The molecule has 0 radical (unpaired) electrons. The smallest absolute Gasteiger partial charge is 0.204 e. The summed E-state index contributed by atoms with van der Waals surface area (Å²) >= 11 is 15.4. The van der Waals surface area contributed by atoms with Crippen molar-refractivity contribution in [1.29, 1.82) is 0 Å². The van der Waals surface area contributed by atoms with Crippen molar-refractivity contribution in [2.75, 3.05) is 0 Å². The van der Waals surface area contributed by atoms with E-state index < -0.39 is 15.6 Å². The topological polar surface area (TPSA) is 51.2 Å². The highest BCUT2D eigenvalue weighted by Gasteiger charge is 2.27. The number of allylic oxidation sites excluding steroid dienone is 1. The Bertz CT molecular complexity index is 1170. The normalized spacial score (nSPS) is 12.0. The Morgan fingerprint density at radius 2 is 1.52 bits per heavy atom. The molecule has 0 bridgehead atoms. The number of hydrogen-bond donors (Lipinski definition) is 0. The van der Waals surface area contributed by atoms with Crippen LogP contribution in [-0.4, -0.2) is 14.2 Å². The van der Waals surface area contributed by atoms with Crippen LogP contribution in [0.3, 0.4) is 0 Å². The van der Waals surface area contributed by atoms with E-state index in [1.165, 1.54) is 18.2 Å². The van der Waals surface area contributed by atoms with Gasteiger partial charge in [-0.05, 0) is 59.7 Å². The highest BCUT2D eigenvalue weighted by Crippen LogP contribution is 2.26. The van der Waals surface area contributed by atoms with Crippen LogP contribution in [0.15, 0.2) is 82.2 Å². The molecular formula is C22H15BrCl2O3S. The minimum absolute atomic E-state index is 0.237. The maximum Gasteiger partial charge on any atom is 0.204 e. The van der Waals surface area contributed by atoms with Crippen LogP contribution in [0.4, 0.5) is 0 Å². The predicted octanol–water partition coefficient (Wildman–Crippen LogP) is 6.59. The van der Waals surface area contributed by atoms with Crippen molar-refractivity contribution in [1.82, 2.24) is 0 Å². The Labute approximate surface area is 188 Å². The van der Waals surface area contributed by atoms with Crippen LogP contribution in [0.2, 0.25) is 10.0 Å². The Morgan fingerprint density at radius 3 is 2.14 bits per heavy atom. The van der Waals surface area contributed by atoms with Crippen LogP contribution in [-0.2, 0) is 15.6 Å². The molecule has 3 nitrogen and oxygen atoms in total.